The van der Waals surface area contributed by atoms with Crippen molar-refractivity contribution in [3.8, 4) is 22.8 Å². The van der Waals surface area contributed by atoms with E-state index in [1.807, 2.05) is 48.5 Å². The standard InChI is InChI=1S/C22H19NO5/c24-22(10-8-16-7-9-18-19(13-16)26-12-4-11-25-18)27-15-21-23-14-20(28-21)17-5-2-1-3-6-17/h1-3,5-10,13-14H,4,11-12,15H2/b10-8+. The van der Waals surface area contributed by atoms with Crippen molar-refractivity contribution in [1.29, 1.82) is 0 Å². The van der Waals surface area contributed by atoms with Gasteiger partial charge in [-0.3, -0.25) is 0 Å². The maximum absolute atomic E-state index is 12.0. The number of carbonyl (C=O) groups is 1. The first-order valence-corrected chi connectivity index (χ1v) is 9.02. The van der Waals surface area contributed by atoms with Gasteiger partial charge in [0.15, 0.2) is 23.9 Å². The number of nitrogens with zero attached hydrogens (tertiary/aromatic N) is 1. The highest BCUT2D eigenvalue weighted by atomic mass is 16.5. The van der Waals surface area contributed by atoms with Crippen LogP contribution in [0.4, 0.5) is 0 Å². The molecule has 0 saturated carbocycles. The number of benzene rings is 2. The molecule has 2 heterocycles. The van der Waals surface area contributed by atoms with Crippen LogP contribution >= 0.6 is 0 Å². The Balaban J connectivity index is 1.33. The van der Waals surface area contributed by atoms with E-state index in [-0.39, 0.29) is 6.61 Å². The number of fused-ring (bicyclic) bond motifs is 1. The van der Waals surface area contributed by atoms with Gasteiger partial charge in [0.1, 0.15) is 0 Å². The molecule has 3 aromatic rings. The monoisotopic (exact) mass is 377 g/mol. The van der Waals surface area contributed by atoms with E-state index < -0.39 is 5.97 Å². The topological polar surface area (TPSA) is 70.8 Å². The number of hydrogen-bond acceptors (Lipinski definition) is 6. The molecule has 1 aliphatic heterocycles. The van der Waals surface area contributed by atoms with Crippen LogP contribution in [-0.2, 0) is 16.1 Å². The van der Waals surface area contributed by atoms with Crippen molar-refractivity contribution in [3.05, 3.63) is 72.3 Å². The molecular formula is C22H19NO5. The summed E-state index contributed by atoms with van der Waals surface area (Å²) in [6, 6.07) is 15.1. The highest BCUT2D eigenvalue weighted by Gasteiger charge is 2.10. The fourth-order valence-electron chi connectivity index (χ4n) is 2.74. The molecule has 1 aromatic heterocycles. The molecule has 0 bridgehead atoms. The molecule has 4 rings (SSSR count). The molecule has 0 aliphatic carbocycles. The Hall–Kier alpha value is -3.54. The van der Waals surface area contributed by atoms with Gasteiger partial charge in [-0.05, 0) is 23.8 Å². The van der Waals surface area contributed by atoms with Gasteiger partial charge in [-0.15, -0.1) is 0 Å². The molecule has 0 fully saturated rings. The van der Waals surface area contributed by atoms with E-state index in [2.05, 4.69) is 4.98 Å². The molecule has 1 aliphatic rings. The molecule has 6 heteroatoms. The van der Waals surface area contributed by atoms with E-state index >= 15 is 0 Å². The molecule has 2 aromatic carbocycles. The van der Waals surface area contributed by atoms with E-state index in [0.29, 0.717) is 30.6 Å². The average molecular weight is 377 g/mol. The zero-order valence-corrected chi connectivity index (χ0v) is 15.2. The zero-order chi connectivity index (χ0) is 19.2. The maximum atomic E-state index is 12.0. The Labute approximate surface area is 162 Å². The van der Waals surface area contributed by atoms with Gasteiger partial charge in [0.2, 0.25) is 5.89 Å². The first-order chi connectivity index (χ1) is 13.8. The third-order valence-electron chi connectivity index (χ3n) is 4.13. The highest BCUT2D eigenvalue weighted by molar-refractivity contribution is 5.87. The van der Waals surface area contributed by atoms with Crippen LogP contribution in [0.3, 0.4) is 0 Å². The molecule has 0 spiro atoms. The summed E-state index contributed by atoms with van der Waals surface area (Å²) in [6.07, 6.45) is 5.49. The van der Waals surface area contributed by atoms with E-state index in [1.165, 1.54) is 6.08 Å². The van der Waals surface area contributed by atoms with Crippen LogP contribution < -0.4 is 9.47 Å². The molecule has 28 heavy (non-hydrogen) atoms. The number of ether oxygens (including phenoxy) is 3. The van der Waals surface area contributed by atoms with E-state index in [1.54, 1.807) is 12.3 Å². The summed E-state index contributed by atoms with van der Waals surface area (Å²) in [6.45, 7) is 1.22. The van der Waals surface area contributed by atoms with Crippen LogP contribution in [0.25, 0.3) is 17.4 Å². The summed E-state index contributed by atoms with van der Waals surface area (Å²) >= 11 is 0. The number of esters is 1. The van der Waals surface area contributed by atoms with Crippen molar-refractivity contribution in [1.82, 2.24) is 4.98 Å². The Kier molecular flexibility index (Phi) is 5.38. The van der Waals surface area contributed by atoms with Crippen molar-refractivity contribution < 1.29 is 23.4 Å². The number of oxazole rings is 1. The Morgan fingerprint density at radius 3 is 2.75 bits per heavy atom. The lowest BCUT2D eigenvalue weighted by Gasteiger charge is -2.07. The quantitative estimate of drug-likeness (QED) is 0.489. The minimum absolute atomic E-state index is 0.0306. The summed E-state index contributed by atoms with van der Waals surface area (Å²) in [5, 5.41) is 0. The molecule has 6 nitrogen and oxygen atoms in total. The number of rotatable bonds is 5. The van der Waals surface area contributed by atoms with Gasteiger partial charge in [-0.25, -0.2) is 9.78 Å². The minimum atomic E-state index is -0.480. The number of aromatic nitrogens is 1. The van der Waals surface area contributed by atoms with Gasteiger partial charge >= 0.3 is 5.97 Å². The van der Waals surface area contributed by atoms with Crippen LogP contribution in [0.1, 0.15) is 17.9 Å². The van der Waals surface area contributed by atoms with Gasteiger partial charge < -0.3 is 18.6 Å². The number of carbonyl (C=O) groups excluding carboxylic acids is 1. The van der Waals surface area contributed by atoms with Crippen LogP contribution in [0, 0.1) is 0 Å². The van der Waals surface area contributed by atoms with Crippen molar-refractivity contribution in [2.24, 2.45) is 0 Å². The summed E-state index contributed by atoms with van der Waals surface area (Å²) < 4.78 is 22.0. The fourth-order valence-corrected chi connectivity index (χ4v) is 2.74. The van der Waals surface area contributed by atoms with Gasteiger partial charge in [0.05, 0.1) is 19.4 Å². The van der Waals surface area contributed by atoms with Crippen LogP contribution in [0.2, 0.25) is 0 Å². The summed E-state index contributed by atoms with van der Waals surface area (Å²) in [4.78, 5) is 16.1. The van der Waals surface area contributed by atoms with Gasteiger partial charge in [-0.2, -0.15) is 0 Å². The second-order valence-corrected chi connectivity index (χ2v) is 6.18. The highest BCUT2D eigenvalue weighted by Crippen LogP contribution is 2.30. The van der Waals surface area contributed by atoms with Gasteiger partial charge in [0, 0.05) is 18.1 Å². The van der Waals surface area contributed by atoms with Gasteiger partial charge in [0.25, 0.3) is 0 Å². The third kappa shape index (κ3) is 4.40. The zero-order valence-electron chi connectivity index (χ0n) is 15.2. The Morgan fingerprint density at radius 1 is 1.07 bits per heavy atom. The molecule has 0 N–H and O–H groups in total. The van der Waals surface area contributed by atoms with Crippen molar-refractivity contribution in [2.45, 2.75) is 13.0 Å². The predicted octanol–water partition coefficient (Wildman–Crippen LogP) is 4.26. The van der Waals surface area contributed by atoms with Crippen molar-refractivity contribution in [2.75, 3.05) is 13.2 Å². The molecule has 142 valence electrons. The molecule has 0 saturated heterocycles. The summed E-state index contributed by atoms with van der Waals surface area (Å²) in [5.41, 5.74) is 1.74. The lowest BCUT2D eigenvalue weighted by Crippen LogP contribution is -2.00. The first kappa shape index (κ1) is 17.9. The smallest absolute Gasteiger partial charge is 0.331 e. The summed E-state index contributed by atoms with van der Waals surface area (Å²) in [7, 11) is 0. The fraction of sp³-hybridized carbons (Fsp3) is 0.182. The van der Waals surface area contributed by atoms with Crippen molar-refractivity contribution >= 4 is 12.0 Å². The Morgan fingerprint density at radius 2 is 1.89 bits per heavy atom. The summed E-state index contributed by atoms with van der Waals surface area (Å²) in [5.74, 6) is 1.90. The Bertz CT molecular complexity index is 978. The second kappa shape index (κ2) is 8.43. The van der Waals surface area contributed by atoms with Crippen LogP contribution in [-0.4, -0.2) is 24.2 Å². The first-order valence-electron chi connectivity index (χ1n) is 9.02. The number of hydrogen-bond donors (Lipinski definition) is 0. The maximum Gasteiger partial charge on any atom is 0.331 e. The lowest BCUT2D eigenvalue weighted by atomic mass is 10.2. The van der Waals surface area contributed by atoms with Crippen molar-refractivity contribution in [3.63, 3.8) is 0 Å². The van der Waals surface area contributed by atoms with Crippen LogP contribution in [0.5, 0.6) is 11.5 Å². The molecular weight excluding hydrogens is 358 g/mol. The molecule has 0 amide bonds. The van der Waals surface area contributed by atoms with Crippen LogP contribution in [0.15, 0.2) is 65.2 Å². The normalized spacial score (nSPS) is 13.3. The minimum Gasteiger partial charge on any atom is -0.490 e. The largest absolute Gasteiger partial charge is 0.490 e. The second-order valence-electron chi connectivity index (χ2n) is 6.18. The SMILES string of the molecule is O=C(/C=C/c1ccc2c(c1)OCCCO2)OCc1ncc(-c2ccccc2)o1. The predicted molar refractivity (Wildman–Crippen MR) is 103 cm³/mol. The third-order valence-corrected chi connectivity index (χ3v) is 4.13. The molecule has 0 unspecified atom stereocenters. The average Bonchev–Trinajstić information content (AvgIpc) is 3.09. The van der Waals surface area contributed by atoms with E-state index in [9.17, 15) is 4.79 Å². The van der Waals surface area contributed by atoms with Gasteiger partial charge in [-0.1, -0.05) is 36.4 Å². The van der Waals surface area contributed by atoms with E-state index in [0.717, 1.165) is 23.3 Å². The van der Waals surface area contributed by atoms with E-state index in [4.69, 9.17) is 18.6 Å². The molecule has 0 atom stereocenters. The molecule has 0 radical (unpaired) electrons. The lowest BCUT2D eigenvalue weighted by molar-refractivity contribution is -0.139.